The summed E-state index contributed by atoms with van der Waals surface area (Å²) in [5.41, 5.74) is -1.35. The summed E-state index contributed by atoms with van der Waals surface area (Å²) < 4.78 is 44.3. The topological polar surface area (TPSA) is 58.6 Å². The van der Waals surface area contributed by atoms with Gasteiger partial charge in [0, 0.05) is 13.1 Å². The molecule has 5 nitrogen and oxygen atoms in total. The first kappa shape index (κ1) is 14.8. The molecule has 1 aromatic carbocycles. The van der Waals surface area contributed by atoms with Crippen LogP contribution in [0, 0.1) is 0 Å². The zero-order valence-corrected chi connectivity index (χ0v) is 11.4. The van der Waals surface area contributed by atoms with Crippen LogP contribution in [0.25, 0.3) is 0 Å². The summed E-state index contributed by atoms with van der Waals surface area (Å²) in [7, 11) is 0. The monoisotopic (exact) mass is 314 g/mol. The molecule has 2 aliphatic heterocycles. The molecule has 22 heavy (non-hydrogen) atoms. The maximum absolute atomic E-state index is 13.0. The quantitative estimate of drug-likeness (QED) is 0.843. The second kappa shape index (κ2) is 5.28. The van der Waals surface area contributed by atoms with E-state index in [9.17, 15) is 22.8 Å². The minimum atomic E-state index is -4.59. The van der Waals surface area contributed by atoms with E-state index in [0.717, 1.165) is 12.1 Å². The van der Waals surface area contributed by atoms with E-state index in [1.807, 2.05) is 0 Å². The fourth-order valence-corrected chi connectivity index (χ4v) is 2.77. The van der Waals surface area contributed by atoms with Crippen LogP contribution in [0.5, 0.6) is 0 Å². The largest absolute Gasteiger partial charge is 0.417 e. The Balaban J connectivity index is 1.83. The minimum absolute atomic E-state index is 0.0949. The van der Waals surface area contributed by atoms with E-state index < -0.39 is 17.6 Å². The number of hydrogen-bond donors (Lipinski definition) is 1. The number of rotatable bonds is 1. The first-order valence-corrected chi connectivity index (χ1v) is 6.73. The first-order chi connectivity index (χ1) is 10.4. The van der Waals surface area contributed by atoms with E-state index in [1.54, 1.807) is 0 Å². The van der Waals surface area contributed by atoms with Gasteiger partial charge in [-0.2, -0.15) is 13.2 Å². The van der Waals surface area contributed by atoms with Crippen molar-refractivity contribution in [2.45, 2.75) is 18.3 Å². The summed E-state index contributed by atoms with van der Waals surface area (Å²) in [6.45, 7) is 0.208. The van der Waals surface area contributed by atoms with Crippen LogP contribution in [0.2, 0.25) is 0 Å². The molecule has 118 valence electrons. The van der Waals surface area contributed by atoms with Crippen LogP contribution < -0.4 is 5.32 Å². The smallest absolute Gasteiger partial charge is 0.364 e. The molecule has 1 N–H and O–H groups in total. The zero-order valence-electron chi connectivity index (χ0n) is 11.4. The summed E-state index contributed by atoms with van der Waals surface area (Å²) in [5, 5.41) is 2.68. The van der Waals surface area contributed by atoms with Crippen LogP contribution in [0.15, 0.2) is 24.3 Å². The average molecular weight is 314 g/mol. The van der Waals surface area contributed by atoms with Crippen molar-refractivity contribution in [1.29, 1.82) is 0 Å². The van der Waals surface area contributed by atoms with Gasteiger partial charge in [0.2, 0.25) is 5.91 Å². The number of nitrogens with one attached hydrogen (secondary N) is 1. The van der Waals surface area contributed by atoms with Crippen LogP contribution >= 0.6 is 0 Å². The van der Waals surface area contributed by atoms with Gasteiger partial charge in [0.15, 0.2) is 0 Å². The molecule has 8 heteroatoms. The predicted octanol–water partition coefficient (Wildman–Crippen LogP) is 1.04. The number of benzene rings is 1. The Morgan fingerprint density at radius 3 is 2.73 bits per heavy atom. The van der Waals surface area contributed by atoms with Crippen LogP contribution in [0.4, 0.5) is 13.2 Å². The molecular weight excluding hydrogens is 301 g/mol. The van der Waals surface area contributed by atoms with Gasteiger partial charge in [-0.25, -0.2) is 0 Å². The lowest BCUT2D eigenvalue weighted by Gasteiger charge is -2.24. The summed E-state index contributed by atoms with van der Waals surface area (Å²) in [4.78, 5) is 24.9. The molecule has 2 saturated heterocycles. The van der Waals surface area contributed by atoms with Gasteiger partial charge in [-0.15, -0.1) is 0 Å². The number of carbonyl (C=O) groups excluding carboxylic acids is 2. The van der Waals surface area contributed by atoms with Gasteiger partial charge in [0.05, 0.1) is 23.3 Å². The van der Waals surface area contributed by atoms with Gasteiger partial charge in [-0.05, 0) is 12.1 Å². The Labute approximate surface area is 124 Å². The third kappa shape index (κ3) is 2.66. The standard InChI is InChI=1S/C14H13F3N2O3/c15-14(16,17)9-4-2-1-3-8(9)13(21)19-5-10-11(6-19)22-7-12(20)18-10/h1-4,10-11H,5-7H2,(H,18,20)/t10-,11-/m0/s1. The fraction of sp³-hybridized carbons (Fsp3) is 0.429. The first-order valence-electron chi connectivity index (χ1n) is 6.73. The van der Waals surface area contributed by atoms with Crippen molar-refractivity contribution in [2.24, 2.45) is 0 Å². The fourth-order valence-electron chi connectivity index (χ4n) is 2.77. The summed E-state index contributed by atoms with van der Waals surface area (Å²) >= 11 is 0. The normalized spacial score (nSPS) is 24.9. The molecule has 1 aromatic rings. The number of carbonyl (C=O) groups is 2. The molecule has 2 atom stereocenters. The van der Waals surface area contributed by atoms with E-state index in [2.05, 4.69) is 5.32 Å². The predicted molar refractivity (Wildman–Crippen MR) is 69.0 cm³/mol. The number of likely N-dealkylation sites (tertiary alicyclic amines) is 1. The minimum Gasteiger partial charge on any atom is -0.364 e. The molecule has 0 unspecified atom stereocenters. The van der Waals surface area contributed by atoms with Crippen LogP contribution in [-0.4, -0.2) is 48.6 Å². The SMILES string of the molecule is O=C1CO[C@H]2CN(C(=O)c3ccccc3C(F)(F)F)C[C@@H]2N1. The lowest BCUT2D eigenvalue weighted by Crippen LogP contribution is -2.50. The molecule has 0 bridgehead atoms. The number of halogens is 3. The number of ether oxygens (including phenoxy) is 1. The Morgan fingerprint density at radius 1 is 1.27 bits per heavy atom. The summed E-state index contributed by atoms with van der Waals surface area (Å²) in [6.07, 6.45) is -4.97. The Morgan fingerprint density at radius 2 is 2.00 bits per heavy atom. The summed E-state index contributed by atoms with van der Waals surface area (Å²) in [5.74, 6) is -0.994. The van der Waals surface area contributed by atoms with Crippen LogP contribution in [-0.2, 0) is 15.7 Å². The molecule has 0 saturated carbocycles. The van der Waals surface area contributed by atoms with Gasteiger partial charge < -0.3 is 15.0 Å². The number of morpholine rings is 1. The van der Waals surface area contributed by atoms with Gasteiger partial charge in [-0.3, -0.25) is 9.59 Å². The molecule has 2 heterocycles. The Bertz CT molecular complexity index is 618. The lowest BCUT2D eigenvalue weighted by molar-refractivity contribution is -0.138. The van der Waals surface area contributed by atoms with Gasteiger partial charge in [0.1, 0.15) is 6.61 Å². The van der Waals surface area contributed by atoms with E-state index in [1.165, 1.54) is 17.0 Å². The maximum atomic E-state index is 13.0. The molecule has 3 rings (SSSR count). The maximum Gasteiger partial charge on any atom is 0.417 e. The molecule has 0 aromatic heterocycles. The van der Waals surface area contributed by atoms with Crippen molar-refractivity contribution < 1.29 is 27.5 Å². The molecular formula is C14H13F3N2O3. The Kier molecular flexibility index (Phi) is 3.56. The number of alkyl halides is 3. The number of hydrogen-bond acceptors (Lipinski definition) is 3. The van der Waals surface area contributed by atoms with Crippen molar-refractivity contribution in [3.8, 4) is 0 Å². The van der Waals surface area contributed by atoms with Crippen LogP contribution in [0.1, 0.15) is 15.9 Å². The van der Waals surface area contributed by atoms with E-state index in [-0.39, 0.29) is 43.3 Å². The molecule has 2 fully saturated rings. The van der Waals surface area contributed by atoms with Crippen molar-refractivity contribution in [2.75, 3.05) is 19.7 Å². The zero-order chi connectivity index (χ0) is 15.9. The van der Waals surface area contributed by atoms with E-state index in [4.69, 9.17) is 4.74 Å². The number of nitrogens with zero attached hydrogens (tertiary/aromatic N) is 1. The van der Waals surface area contributed by atoms with Crippen molar-refractivity contribution >= 4 is 11.8 Å². The van der Waals surface area contributed by atoms with Crippen LogP contribution in [0.3, 0.4) is 0 Å². The highest BCUT2D eigenvalue weighted by Crippen LogP contribution is 2.33. The highest BCUT2D eigenvalue weighted by molar-refractivity contribution is 5.96. The number of fused-ring (bicyclic) bond motifs is 1. The summed E-state index contributed by atoms with van der Waals surface area (Å²) in [6, 6.07) is 4.31. The third-order valence-corrected chi connectivity index (χ3v) is 3.79. The molecule has 0 spiro atoms. The molecule has 2 amide bonds. The van der Waals surface area contributed by atoms with E-state index in [0.29, 0.717) is 0 Å². The molecule has 2 aliphatic rings. The lowest BCUT2D eigenvalue weighted by atomic mass is 10.1. The number of amides is 2. The molecule has 0 radical (unpaired) electrons. The second-order valence-electron chi connectivity index (χ2n) is 5.28. The second-order valence-corrected chi connectivity index (χ2v) is 5.28. The highest BCUT2D eigenvalue weighted by atomic mass is 19.4. The molecule has 0 aliphatic carbocycles. The van der Waals surface area contributed by atoms with Crippen molar-refractivity contribution in [1.82, 2.24) is 10.2 Å². The Hall–Kier alpha value is -2.09. The third-order valence-electron chi connectivity index (χ3n) is 3.79. The van der Waals surface area contributed by atoms with E-state index >= 15 is 0 Å². The highest BCUT2D eigenvalue weighted by Gasteiger charge is 2.42. The van der Waals surface area contributed by atoms with Crippen molar-refractivity contribution in [3.63, 3.8) is 0 Å². The van der Waals surface area contributed by atoms with Gasteiger partial charge >= 0.3 is 6.18 Å². The van der Waals surface area contributed by atoms with Crippen molar-refractivity contribution in [3.05, 3.63) is 35.4 Å². The average Bonchev–Trinajstić information content (AvgIpc) is 2.88. The van der Waals surface area contributed by atoms with Gasteiger partial charge in [-0.1, -0.05) is 12.1 Å². The van der Waals surface area contributed by atoms with Gasteiger partial charge in [0.25, 0.3) is 5.91 Å².